The van der Waals surface area contributed by atoms with Crippen molar-refractivity contribution in [1.29, 1.82) is 5.26 Å². The standard InChI is InChI=1S/C14H19N3.ClH/c1-16-14-3-2-8-17(11-14)10-13-6-4-12(9-15)5-7-13;/h4-7,14,16H,2-3,8,10-11H2,1H3;1H. The van der Waals surface area contributed by atoms with Gasteiger partial charge in [-0.05, 0) is 44.1 Å². The van der Waals surface area contributed by atoms with Crippen LogP contribution in [0.1, 0.15) is 24.0 Å². The molecule has 0 saturated carbocycles. The molecule has 98 valence electrons. The third-order valence-electron chi connectivity index (χ3n) is 3.40. The summed E-state index contributed by atoms with van der Waals surface area (Å²) in [6, 6.07) is 10.7. The maximum Gasteiger partial charge on any atom is 0.0991 e. The van der Waals surface area contributed by atoms with Crippen molar-refractivity contribution in [3.8, 4) is 6.07 Å². The lowest BCUT2D eigenvalue weighted by Crippen LogP contribution is -2.43. The molecule has 4 heteroatoms. The SMILES string of the molecule is CNC1CCCN(Cc2ccc(C#N)cc2)C1.Cl. The molecule has 18 heavy (non-hydrogen) atoms. The second-order valence-corrected chi connectivity index (χ2v) is 4.67. The molecule has 1 aromatic rings. The number of halogens is 1. The predicted octanol–water partition coefficient (Wildman–Crippen LogP) is 2.16. The number of likely N-dealkylation sites (tertiary alicyclic amines) is 1. The fourth-order valence-corrected chi connectivity index (χ4v) is 2.38. The highest BCUT2D eigenvalue weighted by Crippen LogP contribution is 2.13. The average molecular weight is 266 g/mol. The molecule has 1 heterocycles. The molecule has 1 fully saturated rings. The van der Waals surface area contributed by atoms with Crippen LogP contribution in [0.2, 0.25) is 0 Å². The van der Waals surface area contributed by atoms with Crippen molar-refractivity contribution in [3.63, 3.8) is 0 Å². The molecule has 2 rings (SSSR count). The van der Waals surface area contributed by atoms with E-state index in [-0.39, 0.29) is 12.4 Å². The largest absolute Gasteiger partial charge is 0.316 e. The number of benzene rings is 1. The van der Waals surface area contributed by atoms with Gasteiger partial charge in [0, 0.05) is 19.1 Å². The molecule has 1 saturated heterocycles. The zero-order valence-electron chi connectivity index (χ0n) is 10.7. The number of hydrogen-bond acceptors (Lipinski definition) is 3. The van der Waals surface area contributed by atoms with Gasteiger partial charge >= 0.3 is 0 Å². The number of nitrogens with one attached hydrogen (secondary N) is 1. The molecule has 1 N–H and O–H groups in total. The summed E-state index contributed by atoms with van der Waals surface area (Å²) in [7, 11) is 2.04. The van der Waals surface area contributed by atoms with Crippen LogP contribution in [0.25, 0.3) is 0 Å². The van der Waals surface area contributed by atoms with Crippen LogP contribution in [0.5, 0.6) is 0 Å². The number of rotatable bonds is 3. The normalized spacial score (nSPS) is 19.9. The molecule has 1 atom stereocenters. The third-order valence-corrected chi connectivity index (χ3v) is 3.40. The van der Waals surface area contributed by atoms with E-state index in [1.807, 2.05) is 19.2 Å². The Hall–Kier alpha value is -1.08. The molecular weight excluding hydrogens is 246 g/mol. The Morgan fingerprint density at radius 3 is 2.72 bits per heavy atom. The van der Waals surface area contributed by atoms with Crippen molar-refractivity contribution < 1.29 is 0 Å². The van der Waals surface area contributed by atoms with Gasteiger partial charge in [0.05, 0.1) is 11.6 Å². The van der Waals surface area contributed by atoms with Gasteiger partial charge in [0.15, 0.2) is 0 Å². The Kier molecular flexibility index (Phi) is 6.14. The van der Waals surface area contributed by atoms with Gasteiger partial charge < -0.3 is 5.32 Å². The first kappa shape index (κ1) is 15.0. The molecule has 0 bridgehead atoms. The number of piperidine rings is 1. The van der Waals surface area contributed by atoms with Crippen molar-refractivity contribution in [1.82, 2.24) is 10.2 Å². The summed E-state index contributed by atoms with van der Waals surface area (Å²) in [5.41, 5.74) is 2.03. The van der Waals surface area contributed by atoms with Crippen LogP contribution in [0.15, 0.2) is 24.3 Å². The molecule has 0 amide bonds. The van der Waals surface area contributed by atoms with Crippen molar-refractivity contribution in [2.24, 2.45) is 0 Å². The van der Waals surface area contributed by atoms with Crippen LogP contribution >= 0.6 is 12.4 Å². The minimum Gasteiger partial charge on any atom is -0.316 e. The first-order valence-corrected chi connectivity index (χ1v) is 6.20. The minimum atomic E-state index is 0. The number of nitrogens with zero attached hydrogens (tertiary/aromatic N) is 2. The van der Waals surface area contributed by atoms with Gasteiger partial charge in [-0.15, -0.1) is 12.4 Å². The summed E-state index contributed by atoms with van der Waals surface area (Å²) in [6.45, 7) is 3.29. The van der Waals surface area contributed by atoms with Gasteiger partial charge in [-0.25, -0.2) is 0 Å². The van der Waals surface area contributed by atoms with Crippen molar-refractivity contribution in [2.45, 2.75) is 25.4 Å². The van der Waals surface area contributed by atoms with Crippen LogP contribution in [-0.2, 0) is 6.54 Å². The van der Waals surface area contributed by atoms with Crippen LogP contribution in [-0.4, -0.2) is 31.1 Å². The van der Waals surface area contributed by atoms with E-state index in [2.05, 4.69) is 28.4 Å². The summed E-state index contributed by atoms with van der Waals surface area (Å²) in [6.07, 6.45) is 2.54. The number of likely N-dealkylation sites (N-methyl/N-ethyl adjacent to an activating group) is 1. The first-order chi connectivity index (χ1) is 8.31. The van der Waals surface area contributed by atoms with Crippen LogP contribution in [0, 0.1) is 11.3 Å². The lowest BCUT2D eigenvalue weighted by Gasteiger charge is -2.32. The van der Waals surface area contributed by atoms with Crippen LogP contribution in [0.4, 0.5) is 0 Å². The minimum absolute atomic E-state index is 0. The van der Waals surface area contributed by atoms with Crippen LogP contribution in [0.3, 0.4) is 0 Å². The Balaban J connectivity index is 0.00000162. The quantitative estimate of drug-likeness (QED) is 0.910. The van der Waals surface area contributed by atoms with Crippen LogP contribution < -0.4 is 5.32 Å². The fraction of sp³-hybridized carbons (Fsp3) is 0.500. The molecule has 0 radical (unpaired) electrons. The highest BCUT2D eigenvalue weighted by molar-refractivity contribution is 5.85. The lowest BCUT2D eigenvalue weighted by atomic mass is 10.0. The van der Waals surface area contributed by atoms with E-state index in [1.54, 1.807) is 0 Å². The van der Waals surface area contributed by atoms with Gasteiger partial charge in [0.25, 0.3) is 0 Å². The highest BCUT2D eigenvalue weighted by atomic mass is 35.5. The molecule has 1 aliphatic rings. The topological polar surface area (TPSA) is 39.1 Å². The van der Waals surface area contributed by atoms with E-state index in [0.717, 1.165) is 18.7 Å². The van der Waals surface area contributed by atoms with E-state index >= 15 is 0 Å². The predicted molar refractivity (Wildman–Crippen MR) is 75.8 cm³/mol. The third kappa shape index (κ3) is 3.99. The molecule has 0 spiro atoms. The van der Waals surface area contributed by atoms with Gasteiger partial charge in [-0.1, -0.05) is 12.1 Å². The summed E-state index contributed by atoms with van der Waals surface area (Å²) >= 11 is 0. The smallest absolute Gasteiger partial charge is 0.0991 e. The van der Waals surface area contributed by atoms with E-state index in [1.165, 1.54) is 24.9 Å². The summed E-state index contributed by atoms with van der Waals surface area (Å²) in [4.78, 5) is 2.48. The Morgan fingerprint density at radius 2 is 2.11 bits per heavy atom. The lowest BCUT2D eigenvalue weighted by molar-refractivity contribution is 0.188. The number of nitriles is 1. The zero-order chi connectivity index (χ0) is 12.1. The molecular formula is C14H20ClN3. The van der Waals surface area contributed by atoms with E-state index in [4.69, 9.17) is 5.26 Å². The van der Waals surface area contributed by atoms with Crippen molar-refractivity contribution in [2.75, 3.05) is 20.1 Å². The first-order valence-electron chi connectivity index (χ1n) is 6.20. The molecule has 1 aliphatic heterocycles. The average Bonchev–Trinajstić information content (AvgIpc) is 2.40. The fourth-order valence-electron chi connectivity index (χ4n) is 2.38. The maximum atomic E-state index is 8.75. The van der Waals surface area contributed by atoms with E-state index < -0.39 is 0 Å². The molecule has 0 aliphatic carbocycles. The summed E-state index contributed by atoms with van der Waals surface area (Å²) in [5.74, 6) is 0. The second-order valence-electron chi connectivity index (χ2n) is 4.67. The van der Waals surface area contributed by atoms with Gasteiger partial charge in [-0.3, -0.25) is 4.90 Å². The number of hydrogen-bond donors (Lipinski definition) is 1. The monoisotopic (exact) mass is 265 g/mol. The van der Waals surface area contributed by atoms with Gasteiger partial charge in [0.2, 0.25) is 0 Å². The summed E-state index contributed by atoms with van der Waals surface area (Å²) in [5, 5.41) is 12.1. The van der Waals surface area contributed by atoms with Gasteiger partial charge in [-0.2, -0.15) is 5.26 Å². The summed E-state index contributed by atoms with van der Waals surface area (Å²) < 4.78 is 0. The second kappa shape index (κ2) is 7.38. The zero-order valence-corrected chi connectivity index (χ0v) is 11.5. The molecule has 1 unspecified atom stereocenters. The van der Waals surface area contributed by atoms with Gasteiger partial charge in [0.1, 0.15) is 0 Å². The van der Waals surface area contributed by atoms with Crippen molar-refractivity contribution in [3.05, 3.63) is 35.4 Å². The molecule has 1 aromatic carbocycles. The van der Waals surface area contributed by atoms with Crippen molar-refractivity contribution >= 4 is 12.4 Å². The molecule has 0 aromatic heterocycles. The maximum absolute atomic E-state index is 8.75. The molecule has 3 nitrogen and oxygen atoms in total. The van der Waals surface area contributed by atoms with E-state index in [9.17, 15) is 0 Å². The Bertz CT molecular complexity index is 396. The Labute approximate surface area is 115 Å². The highest BCUT2D eigenvalue weighted by Gasteiger charge is 2.17. The van der Waals surface area contributed by atoms with E-state index in [0.29, 0.717) is 6.04 Å². The Morgan fingerprint density at radius 1 is 1.39 bits per heavy atom.